The van der Waals surface area contributed by atoms with Crippen LogP contribution < -0.4 is 16.6 Å². The number of rotatable bonds is 7. The zero-order valence-corrected chi connectivity index (χ0v) is 18.7. The summed E-state index contributed by atoms with van der Waals surface area (Å²) in [5.41, 5.74) is 0.414. The number of hydrogen-bond acceptors (Lipinski definition) is 7. The van der Waals surface area contributed by atoms with Crippen LogP contribution in [-0.4, -0.2) is 28.1 Å². The molecule has 8 nitrogen and oxygen atoms in total. The third-order valence-electron chi connectivity index (χ3n) is 4.89. The molecule has 0 spiro atoms. The highest BCUT2D eigenvalue weighted by Gasteiger charge is 2.17. The monoisotopic (exact) mass is 469 g/mol. The van der Waals surface area contributed by atoms with Gasteiger partial charge >= 0.3 is 11.7 Å². The third-order valence-corrected chi connectivity index (χ3v) is 6.72. The molecule has 1 amide bonds. The maximum Gasteiger partial charge on any atom is 0.337 e. The van der Waals surface area contributed by atoms with Gasteiger partial charge in [0.2, 0.25) is 5.91 Å². The Hall–Kier alpha value is -3.50. The van der Waals surface area contributed by atoms with Crippen molar-refractivity contribution in [3.8, 4) is 0 Å². The molecule has 1 aromatic carbocycles. The Morgan fingerprint density at radius 3 is 2.47 bits per heavy atom. The lowest BCUT2D eigenvalue weighted by Crippen LogP contribution is -2.41. The maximum atomic E-state index is 13.1. The number of anilines is 1. The van der Waals surface area contributed by atoms with Crippen LogP contribution in [0.1, 0.15) is 15.2 Å². The van der Waals surface area contributed by atoms with Crippen LogP contribution in [0.4, 0.5) is 5.69 Å². The second-order valence-corrected chi connectivity index (χ2v) is 8.86. The number of benzene rings is 1. The van der Waals surface area contributed by atoms with Gasteiger partial charge in [0.05, 0.1) is 18.2 Å². The normalized spacial score (nSPS) is 10.9. The molecule has 0 fully saturated rings. The summed E-state index contributed by atoms with van der Waals surface area (Å²) in [4.78, 5) is 51.2. The molecular weight excluding hydrogens is 450 g/mol. The van der Waals surface area contributed by atoms with Gasteiger partial charge in [-0.15, -0.1) is 22.7 Å². The molecule has 32 heavy (non-hydrogen) atoms. The molecule has 3 heterocycles. The average Bonchev–Trinajstić information content (AvgIpc) is 3.49. The van der Waals surface area contributed by atoms with Crippen molar-refractivity contribution in [3.05, 3.63) is 84.5 Å². The molecule has 3 aromatic heterocycles. The van der Waals surface area contributed by atoms with Gasteiger partial charge in [-0.3, -0.25) is 18.7 Å². The Balaban J connectivity index is 1.58. The number of aromatic nitrogens is 2. The van der Waals surface area contributed by atoms with Gasteiger partial charge in [-0.05, 0) is 53.6 Å². The predicted molar refractivity (Wildman–Crippen MR) is 125 cm³/mol. The minimum Gasteiger partial charge on any atom is -0.465 e. The van der Waals surface area contributed by atoms with Crippen molar-refractivity contribution in [2.24, 2.45) is 0 Å². The minimum absolute atomic E-state index is 0.239. The fraction of sp³-hybridized carbons (Fsp3) is 0.182. The summed E-state index contributed by atoms with van der Waals surface area (Å²) in [5, 5.41) is 6.39. The first-order valence-corrected chi connectivity index (χ1v) is 11.5. The van der Waals surface area contributed by atoms with Crippen LogP contribution in [0.25, 0.3) is 10.2 Å². The number of carbonyl (C=O) groups is 2. The lowest BCUT2D eigenvalue weighted by molar-refractivity contribution is -0.116. The first kappa shape index (κ1) is 21.7. The first-order valence-electron chi connectivity index (χ1n) is 9.69. The molecule has 10 heteroatoms. The van der Waals surface area contributed by atoms with E-state index < -0.39 is 17.6 Å². The summed E-state index contributed by atoms with van der Waals surface area (Å²) in [5.74, 6) is -0.895. The molecule has 0 bridgehead atoms. The van der Waals surface area contributed by atoms with Gasteiger partial charge in [0, 0.05) is 17.1 Å². The SMILES string of the molecule is COC(=O)c1ccc(NC(=O)Cn2c(=O)n(CCc3cccs3)c(=O)c3sccc32)cc1. The number of ether oxygens (including phenoxy) is 1. The van der Waals surface area contributed by atoms with Gasteiger partial charge in [-0.25, -0.2) is 9.59 Å². The molecule has 0 unspecified atom stereocenters. The van der Waals surface area contributed by atoms with E-state index >= 15 is 0 Å². The van der Waals surface area contributed by atoms with Crippen molar-refractivity contribution < 1.29 is 14.3 Å². The molecule has 0 aliphatic rings. The molecular formula is C22H19N3O5S2. The lowest BCUT2D eigenvalue weighted by atomic mass is 10.2. The molecule has 1 N–H and O–H groups in total. The molecule has 0 saturated carbocycles. The fourth-order valence-electron chi connectivity index (χ4n) is 3.31. The van der Waals surface area contributed by atoms with E-state index in [1.807, 2.05) is 17.5 Å². The average molecular weight is 470 g/mol. The van der Waals surface area contributed by atoms with E-state index in [9.17, 15) is 19.2 Å². The van der Waals surface area contributed by atoms with E-state index in [4.69, 9.17) is 0 Å². The van der Waals surface area contributed by atoms with Crippen molar-refractivity contribution in [2.45, 2.75) is 19.5 Å². The summed E-state index contributed by atoms with van der Waals surface area (Å²) >= 11 is 2.81. The Kier molecular flexibility index (Phi) is 6.33. The fourth-order valence-corrected chi connectivity index (χ4v) is 4.85. The summed E-state index contributed by atoms with van der Waals surface area (Å²) in [6.07, 6.45) is 0.558. The van der Waals surface area contributed by atoms with Crippen LogP contribution in [0.15, 0.2) is 62.8 Å². The molecule has 0 saturated heterocycles. The summed E-state index contributed by atoms with van der Waals surface area (Å²) < 4.78 is 7.60. The number of carbonyl (C=O) groups excluding carboxylic acids is 2. The quantitative estimate of drug-likeness (QED) is 0.420. The highest BCUT2D eigenvalue weighted by Crippen LogP contribution is 2.16. The molecule has 0 aliphatic carbocycles. The van der Waals surface area contributed by atoms with Crippen LogP contribution >= 0.6 is 22.7 Å². The first-order chi connectivity index (χ1) is 15.5. The number of esters is 1. The molecule has 4 rings (SSSR count). The smallest absolute Gasteiger partial charge is 0.337 e. The van der Waals surface area contributed by atoms with Crippen molar-refractivity contribution in [3.63, 3.8) is 0 Å². The molecule has 0 aliphatic heterocycles. The number of fused-ring (bicyclic) bond motifs is 1. The number of hydrogen-bond donors (Lipinski definition) is 1. The van der Waals surface area contributed by atoms with E-state index in [-0.39, 0.29) is 18.6 Å². The van der Waals surface area contributed by atoms with Crippen LogP contribution in [-0.2, 0) is 29.0 Å². The van der Waals surface area contributed by atoms with E-state index in [0.717, 1.165) is 4.88 Å². The van der Waals surface area contributed by atoms with Gasteiger partial charge in [-0.2, -0.15) is 0 Å². The number of methoxy groups -OCH3 is 1. The van der Waals surface area contributed by atoms with E-state index in [0.29, 0.717) is 27.9 Å². The van der Waals surface area contributed by atoms with Crippen molar-refractivity contribution >= 4 is 50.5 Å². The van der Waals surface area contributed by atoms with Crippen LogP contribution in [0.3, 0.4) is 0 Å². The zero-order chi connectivity index (χ0) is 22.7. The highest BCUT2D eigenvalue weighted by molar-refractivity contribution is 7.17. The van der Waals surface area contributed by atoms with Gasteiger partial charge in [-0.1, -0.05) is 6.07 Å². The predicted octanol–water partition coefficient (Wildman–Crippen LogP) is 2.95. The number of amides is 1. The maximum absolute atomic E-state index is 13.1. The Bertz CT molecular complexity index is 1380. The number of aryl methyl sites for hydroxylation is 1. The van der Waals surface area contributed by atoms with Crippen molar-refractivity contribution in [1.29, 1.82) is 0 Å². The third kappa shape index (κ3) is 4.41. The standard InChI is InChI=1S/C22H19N3O5S2/c1-30-21(28)14-4-6-15(7-5-14)23-18(26)13-25-17-9-12-32-19(17)20(27)24(22(25)29)10-8-16-3-2-11-31-16/h2-7,9,11-12H,8,10,13H2,1H3,(H,23,26). The van der Waals surface area contributed by atoms with Crippen molar-refractivity contribution in [1.82, 2.24) is 9.13 Å². The molecule has 0 radical (unpaired) electrons. The van der Waals surface area contributed by atoms with Gasteiger partial charge in [0.1, 0.15) is 11.2 Å². The number of thiophene rings is 2. The van der Waals surface area contributed by atoms with Crippen molar-refractivity contribution in [2.75, 3.05) is 12.4 Å². The topological polar surface area (TPSA) is 99.4 Å². The number of nitrogens with one attached hydrogen (secondary N) is 1. The Labute approximate surface area is 190 Å². The highest BCUT2D eigenvalue weighted by atomic mass is 32.1. The molecule has 0 atom stereocenters. The second-order valence-electron chi connectivity index (χ2n) is 6.91. The van der Waals surface area contributed by atoms with E-state index in [1.54, 1.807) is 34.9 Å². The second kappa shape index (κ2) is 9.33. The van der Waals surface area contributed by atoms with Gasteiger partial charge in [0.15, 0.2) is 0 Å². The van der Waals surface area contributed by atoms with Gasteiger partial charge in [0.25, 0.3) is 5.56 Å². The number of nitrogens with zero attached hydrogens (tertiary/aromatic N) is 2. The molecule has 164 valence electrons. The van der Waals surface area contributed by atoms with E-state index in [1.165, 1.54) is 39.7 Å². The molecule has 4 aromatic rings. The van der Waals surface area contributed by atoms with Crippen LogP contribution in [0, 0.1) is 0 Å². The minimum atomic E-state index is -0.520. The van der Waals surface area contributed by atoms with Crippen LogP contribution in [0.2, 0.25) is 0 Å². The Morgan fingerprint density at radius 2 is 1.78 bits per heavy atom. The Morgan fingerprint density at radius 1 is 1.00 bits per heavy atom. The van der Waals surface area contributed by atoms with Gasteiger partial charge < -0.3 is 10.1 Å². The summed E-state index contributed by atoms with van der Waals surface area (Å²) in [6, 6.07) is 11.8. The van der Waals surface area contributed by atoms with E-state index in [2.05, 4.69) is 10.1 Å². The lowest BCUT2D eigenvalue weighted by Gasteiger charge is -2.12. The summed E-state index contributed by atoms with van der Waals surface area (Å²) in [6.45, 7) is -0.00721. The van der Waals surface area contributed by atoms with Crippen LogP contribution in [0.5, 0.6) is 0 Å². The largest absolute Gasteiger partial charge is 0.465 e. The zero-order valence-electron chi connectivity index (χ0n) is 17.1. The summed E-state index contributed by atoms with van der Waals surface area (Å²) in [7, 11) is 1.29.